The third-order valence-electron chi connectivity index (χ3n) is 27.7. The smallest absolute Gasteiger partial charge is 0.394 e. The van der Waals surface area contributed by atoms with Crippen LogP contribution in [0.15, 0.2) is 48.6 Å². The summed E-state index contributed by atoms with van der Waals surface area (Å²) in [5, 5.41) is 31.8. The molecule has 12 bridgehead atoms. The topological polar surface area (TPSA) is 261 Å². The molecule has 0 spiro atoms. The van der Waals surface area contributed by atoms with E-state index in [1.54, 1.807) is 7.11 Å². The van der Waals surface area contributed by atoms with Gasteiger partial charge in [-0.05, 0) is 138 Å². The van der Waals surface area contributed by atoms with E-state index in [0.29, 0.717) is 70.1 Å². The molecule has 18 rings (SSSR count). The highest BCUT2D eigenvalue weighted by Crippen LogP contribution is 2.57. The number of ketones is 2. The lowest BCUT2D eigenvalue weighted by atomic mass is 9.81. The number of Topliss-reactive ketones (excluding diaryl/α,β-unsaturated/α-hetero) is 2. The van der Waals surface area contributed by atoms with Crippen LogP contribution in [-0.2, 0) is 94.9 Å². The van der Waals surface area contributed by atoms with Gasteiger partial charge < -0.3 is 101 Å². The molecule has 3 N–H and O–H groups in total. The summed E-state index contributed by atoms with van der Waals surface area (Å²) in [7, 11) is 3.04. The van der Waals surface area contributed by atoms with Gasteiger partial charge in [0.15, 0.2) is 11.6 Å². The van der Waals surface area contributed by atoms with Crippen molar-refractivity contribution in [3.05, 3.63) is 48.6 Å². The fourth-order valence-corrected chi connectivity index (χ4v) is 21.7. The van der Waals surface area contributed by atoms with Gasteiger partial charge in [0, 0.05) is 90.3 Å². The highest BCUT2D eigenvalue weighted by Gasteiger charge is 2.71. The van der Waals surface area contributed by atoms with Gasteiger partial charge in [-0.25, -0.2) is 0 Å². The molecule has 0 radical (unpaired) electrons. The van der Waals surface area contributed by atoms with Gasteiger partial charge in [-0.15, -0.1) is 0 Å². The summed E-state index contributed by atoms with van der Waals surface area (Å²) in [4.78, 5) is 26.1. The summed E-state index contributed by atoms with van der Waals surface area (Å²) >= 11 is 0. The van der Waals surface area contributed by atoms with Crippen LogP contribution in [-0.4, -0.2) is 261 Å². The van der Waals surface area contributed by atoms with Crippen LogP contribution in [0.2, 0.25) is 0 Å². The zero-order valence-corrected chi connectivity index (χ0v) is 64.4. The zero-order valence-electron chi connectivity index (χ0n) is 64.4. The molecule has 0 aromatic rings. The van der Waals surface area contributed by atoms with Gasteiger partial charge in [0.2, 0.25) is 5.78 Å². The summed E-state index contributed by atoms with van der Waals surface area (Å²) in [5.41, 5.74) is 4.19. The van der Waals surface area contributed by atoms with Gasteiger partial charge in [0.1, 0.15) is 66.8 Å². The predicted molar refractivity (Wildman–Crippen MR) is 388 cm³/mol. The molecule has 18 aliphatic rings. The van der Waals surface area contributed by atoms with Crippen LogP contribution in [0, 0.1) is 23.7 Å². The minimum Gasteiger partial charge on any atom is -0.394 e. The number of carbonyl (C=O) groups is 2. The Kier molecular flexibility index (Phi) is 25.6. The summed E-state index contributed by atoms with van der Waals surface area (Å²) in [5.74, 6) is -3.85. The molecular weight excluding hydrogens is 1420 g/mol. The number of carbonyl (C=O) groups excluding carboxylic acids is 2. The van der Waals surface area contributed by atoms with Crippen molar-refractivity contribution in [3.63, 3.8) is 0 Å². The number of ether oxygens (including phenoxy) is 18. The molecule has 18 fully saturated rings. The van der Waals surface area contributed by atoms with Crippen LogP contribution in [0.5, 0.6) is 0 Å². The number of aliphatic hydroxyl groups is 3. The summed E-state index contributed by atoms with van der Waals surface area (Å²) in [6.07, 6.45) is -1.22. The Morgan fingerprint density at radius 2 is 0.954 bits per heavy atom. The van der Waals surface area contributed by atoms with Crippen molar-refractivity contribution >= 4 is 11.6 Å². The minimum absolute atomic E-state index is 0. The van der Waals surface area contributed by atoms with Crippen LogP contribution >= 0.6 is 0 Å². The molecule has 0 amide bonds. The van der Waals surface area contributed by atoms with Gasteiger partial charge in [0.05, 0.1) is 141 Å². The fraction of sp³-hybridized carbons (Fsp3) is 0.880. The van der Waals surface area contributed by atoms with Crippen LogP contribution in [0.4, 0.5) is 13.2 Å². The van der Waals surface area contributed by atoms with E-state index in [1.807, 2.05) is 13.8 Å². The fourth-order valence-electron chi connectivity index (χ4n) is 21.7. The first-order valence-corrected chi connectivity index (χ1v) is 41.1. The molecule has 109 heavy (non-hydrogen) atoms. The Balaban J connectivity index is 0.000000181. The van der Waals surface area contributed by atoms with E-state index in [9.17, 15) is 38.1 Å². The van der Waals surface area contributed by atoms with E-state index in [-0.39, 0.29) is 185 Å². The van der Waals surface area contributed by atoms with Crippen LogP contribution in [0.25, 0.3) is 0 Å². The van der Waals surface area contributed by atoms with Gasteiger partial charge in [-0.1, -0.05) is 61.4 Å². The molecule has 38 unspecified atom stereocenters. The third-order valence-corrected chi connectivity index (χ3v) is 27.7. The van der Waals surface area contributed by atoms with E-state index in [1.165, 1.54) is 7.11 Å². The normalized spacial score (nSPS) is 48.4. The molecular formula is C83H125F3O23. The second-order valence-electron chi connectivity index (χ2n) is 34.9. The Hall–Kier alpha value is -2.75. The Bertz CT molecular complexity index is 3210. The molecule has 38 atom stereocenters. The summed E-state index contributed by atoms with van der Waals surface area (Å²) < 4.78 is 157. The van der Waals surface area contributed by atoms with Crippen LogP contribution < -0.4 is 0 Å². The molecule has 23 nitrogen and oxygen atoms in total. The number of halogens is 3. The molecule has 0 aromatic carbocycles. The lowest BCUT2D eigenvalue weighted by Crippen LogP contribution is -2.61. The number of fused-ring (bicyclic) bond motifs is 2. The quantitative estimate of drug-likeness (QED) is 0.0646. The Morgan fingerprint density at radius 3 is 1.43 bits per heavy atom. The van der Waals surface area contributed by atoms with Crippen LogP contribution in [0.1, 0.15) is 203 Å². The van der Waals surface area contributed by atoms with Crippen molar-refractivity contribution in [1.82, 2.24) is 0 Å². The highest BCUT2D eigenvalue weighted by molar-refractivity contribution is 5.84. The predicted octanol–water partition coefficient (Wildman–Crippen LogP) is 10.4. The molecule has 0 aliphatic carbocycles. The van der Waals surface area contributed by atoms with Crippen molar-refractivity contribution in [2.75, 3.05) is 20.8 Å². The van der Waals surface area contributed by atoms with Crippen LogP contribution in [0.3, 0.4) is 0 Å². The number of hydrogen-bond donors (Lipinski definition) is 3. The van der Waals surface area contributed by atoms with E-state index >= 15 is 0 Å². The van der Waals surface area contributed by atoms with Crippen molar-refractivity contribution in [2.24, 2.45) is 23.7 Å². The SMILES string of the molecule is C.C=C1CC(CCC23CC4OC5C(OC6CCC(CC(=O)CC7C(CC8OC(CC)CC(C)C8=C)OC(CC(=O)C(F)(F)F)C7OC)OC6C5O2)C4O3)OC1C.C=C1CC(CCC23CC4OC5C(OC6CCC(CC(O)CC7C(CC8OC(CC)CC(C)C8=C)OC(CC(O)CO)C7OC)OC6C5O2)C4O3)OC1C. The lowest BCUT2D eigenvalue weighted by Gasteiger charge is -2.47. The summed E-state index contributed by atoms with van der Waals surface area (Å²) in [6, 6.07) is 0. The number of methoxy groups -OCH3 is 2. The maximum atomic E-state index is 14.0. The molecule has 18 aliphatic heterocycles. The van der Waals surface area contributed by atoms with Gasteiger partial charge in [-0.2, -0.15) is 13.2 Å². The summed E-state index contributed by atoms with van der Waals surface area (Å²) in [6.45, 7) is 29.2. The highest BCUT2D eigenvalue weighted by atomic mass is 19.4. The first-order chi connectivity index (χ1) is 51.6. The Labute approximate surface area is 641 Å². The Morgan fingerprint density at radius 1 is 0.495 bits per heavy atom. The molecule has 26 heteroatoms. The molecule has 18 saturated heterocycles. The standard InChI is InChI=1S/C41H57F3O11.C41H64O12.CH4/c1-7-24-12-19(2)21(4)29(49-24)16-30-27(34(47-6)31(51-30)17-33(46)41(42,43)44)15-23(45)14-25-8-9-28-35(50-25)39-38-37(52-28)36-32(53-38)18-40(54-36,55-39)11-10-26-13-20(3)22(5)48-26;1-7-26-12-20(2)22(4)31(47-26)17-32-29(35(45-6)33(49-32)16-25(44)19-42)15-24(43)14-27-8-9-30-36(48-27)40-39-38(50-30)37-34(51-39)18-41(52-37,53-40)11-10-28-13-21(3)23(5)46-28;/h19,22,24-32,34-39H,3-4,7-18H2,1-2,5-6H3;20,23-40,42-44H,3-4,7-19H2,1-2,5-6H3;1H4. The van der Waals surface area contributed by atoms with Crippen molar-refractivity contribution < 1.29 is 123 Å². The monoisotopic (exact) mass is 1550 g/mol. The number of hydrogen-bond acceptors (Lipinski definition) is 23. The maximum absolute atomic E-state index is 14.0. The largest absolute Gasteiger partial charge is 0.450 e. The second kappa shape index (κ2) is 33.7. The number of alkyl halides is 3. The number of rotatable bonds is 27. The molecule has 0 saturated carbocycles. The van der Waals surface area contributed by atoms with E-state index < -0.39 is 96.9 Å². The molecule has 0 aromatic heterocycles. The van der Waals surface area contributed by atoms with Crippen molar-refractivity contribution in [3.8, 4) is 0 Å². The first kappa shape index (κ1) is 82.8. The number of aliphatic hydroxyl groups excluding tert-OH is 3. The van der Waals surface area contributed by atoms with E-state index in [2.05, 4.69) is 54.0 Å². The first-order valence-electron chi connectivity index (χ1n) is 41.1. The third kappa shape index (κ3) is 17.0. The van der Waals surface area contributed by atoms with E-state index in [4.69, 9.17) is 85.3 Å². The average molecular weight is 1550 g/mol. The average Bonchev–Trinajstić information content (AvgIpc) is 1.57. The lowest BCUT2D eigenvalue weighted by molar-refractivity contribution is -0.294. The minimum atomic E-state index is -5.01. The zero-order chi connectivity index (χ0) is 76.2. The van der Waals surface area contributed by atoms with Gasteiger partial charge in [-0.3, -0.25) is 9.59 Å². The van der Waals surface area contributed by atoms with Gasteiger partial charge in [0.25, 0.3) is 0 Å². The molecule has 18 heterocycles. The van der Waals surface area contributed by atoms with Crippen molar-refractivity contribution in [1.29, 1.82) is 0 Å². The van der Waals surface area contributed by atoms with Crippen molar-refractivity contribution in [2.45, 2.75) is 416 Å². The van der Waals surface area contributed by atoms with E-state index in [0.717, 1.165) is 86.5 Å². The molecule has 616 valence electrons. The second-order valence-corrected chi connectivity index (χ2v) is 34.9. The van der Waals surface area contributed by atoms with Gasteiger partial charge >= 0.3 is 6.18 Å². The maximum Gasteiger partial charge on any atom is 0.450 e.